The van der Waals surface area contributed by atoms with Gasteiger partial charge in [0.05, 0.1) is 15.9 Å². The zero-order valence-electron chi connectivity index (χ0n) is 8.62. The molecule has 0 saturated carbocycles. The fourth-order valence-electron chi connectivity index (χ4n) is 1.69. The molecule has 0 bridgehead atoms. The maximum Gasteiger partial charge on any atom is 0.317 e. The highest BCUT2D eigenvalue weighted by molar-refractivity contribution is 5.59. The molecule has 1 aliphatic rings. The zero-order chi connectivity index (χ0) is 12.6. The first-order valence-electron chi connectivity index (χ1n) is 4.89. The molecule has 2 rings (SSSR count). The first-order chi connectivity index (χ1) is 8.00. The van der Waals surface area contributed by atoms with Gasteiger partial charge >= 0.3 is 5.69 Å². The molecular formula is C9H9N3O5. The van der Waals surface area contributed by atoms with E-state index in [1.807, 2.05) is 0 Å². The first kappa shape index (κ1) is 11.3. The summed E-state index contributed by atoms with van der Waals surface area (Å²) in [5.41, 5.74) is -0.821. The number of hydrogen-bond acceptors (Lipinski definition) is 6. The summed E-state index contributed by atoms with van der Waals surface area (Å²) in [6, 6.07) is 1.67. The van der Waals surface area contributed by atoms with Crippen molar-refractivity contribution in [3.63, 3.8) is 0 Å². The lowest BCUT2D eigenvalue weighted by molar-refractivity contribution is -0.394. The number of hydrogen-bond donors (Lipinski definition) is 2. The molecule has 1 heterocycles. The highest BCUT2D eigenvalue weighted by Gasteiger charge is 2.30. The molecule has 1 aromatic carbocycles. The smallest absolute Gasteiger partial charge is 0.317 e. The third-order valence-corrected chi connectivity index (χ3v) is 2.71. The van der Waals surface area contributed by atoms with E-state index in [1.54, 1.807) is 0 Å². The Kier molecular flexibility index (Phi) is 2.64. The second-order valence-corrected chi connectivity index (χ2v) is 3.71. The maximum atomic E-state index is 10.7. The molecule has 1 aromatic rings. The lowest BCUT2D eigenvalue weighted by Crippen LogP contribution is -2.35. The van der Waals surface area contributed by atoms with Crippen molar-refractivity contribution < 1.29 is 15.0 Å². The Morgan fingerprint density at radius 2 is 1.94 bits per heavy atom. The fraction of sp³-hybridized carbons (Fsp3) is 0.333. The number of phenols is 1. The van der Waals surface area contributed by atoms with Crippen LogP contribution in [0.5, 0.6) is 5.75 Å². The Morgan fingerprint density at radius 1 is 1.29 bits per heavy atom. The van der Waals surface area contributed by atoms with Gasteiger partial charge < -0.3 is 10.4 Å². The molecule has 0 amide bonds. The predicted molar refractivity (Wildman–Crippen MR) is 56.8 cm³/mol. The van der Waals surface area contributed by atoms with E-state index in [0.29, 0.717) is 6.42 Å². The van der Waals surface area contributed by atoms with Crippen molar-refractivity contribution >= 4 is 11.4 Å². The Hall–Kier alpha value is -2.22. The van der Waals surface area contributed by atoms with E-state index >= 15 is 0 Å². The van der Waals surface area contributed by atoms with Crippen LogP contribution in [0.15, 0.2) is 12.1 Å². The average molecular weight is 239 g/mol. The molecule has 0 aliphatic carbocycles. The van der Waals surface area contributed by atoms with E-state index in [0.717, 1.165) is 12.6 Å². The number of nitrogens with one attached hydrogen (secondary N) is 1. The van der Waals surface area contributed by atoms with Crippen LogP contribution in [0, 0.1) is 20.2 Å². The lowest BCUT2D eigenvalue weighted by atomic mass is 9.96. The van der Waals surface area contributed by atoms with Crippen LogP contribution in [0.1, 0.15) is 18.0 Å². The first-order valence-corrected chi connectivity index (χ1v) is 4.89. The molecule has 0 spiro atoms. The molecule has 8 nitrogen and oxygen atoms in total. The summed E-state index contributed by atoms with van der Waals surface area (Å²) in [5, 5.41) is 34.0. The second kappa shape index (κ2) is 3.98. The van der Waals surface area contributed by atoms with Gasteiger partial charge in [0.25, 0.3) is 5.69 Å². The van der Waals surface area contributed by atoms with Gasteiger partial charge in [0.15, 0.2) is 5.75 Å². The fourth-order valence-corrected chi connectivity index (χ4v) is 1.69. The van der Waals surface area contributed by atoms with Crippen molar-refractivity contribution in [1.82, 2.24) is 5.32 Å². The number of nitrogens with zero attached hydrogens (tertiary/aromatic N) is 2. The Bertz CT molecular complexity index is 498. The lowest BCUT2D eigenvalue weighted by Gasteiger charge is -2.28. The highest BCUT2D eigenvalue weighted by Crippen LogP contribution is 2.39. The molecule has 2 N–H and O–H groups in total. The van der Waals surface area contributed by atoms with Gasteiger partial charge in [0.2, 0.25) is 0 Å². The Labute approximate surface area is 95.2 Å². The van der Waals surface area contributed by atoms with Crippen molar-refractivity contribution in [1.29, 1.82) is 0 Å². The summed E-state index contributed by atoms with van der Waals surface area (Å²) in [6.07, 6.45) is 0.686. The summed E-state index contributed by atoms with van der Waals surface area (Å²) in [5.74, 6) is -0.502. The predicted octanol–water partition coefficient (Wildman–Crippen LogP) is 1.24. The number of nitro benzene ring substituents is 2. The largest absolute Gasteiger partial charge is 0.502 e. The van der Waals surface area contributed by atoms with Crippen LogP contribution < -0.4 is 5.32 Å². The SMILES string of the molecule is O=[N+]([O-])c1cc(C2CCN2)c(O)c([N+](=O)[O-])c1. The van der Waals surface area contributed by atoms with Crippen LogP contribution in [0.2, 0.25) is 0 Å². The van der Waals surface area contributed by atoms with E-state index in [2.05, 4.69) is 5.32 Å². The van der Waals surface area contributed by atoms with Crippen LogP contribution in [0.3, 0.4) is 0 Å². The van der Waals surface area contributed by atoms with Gasteiger partial charge in [0, 0.05) is 17.7 Å². The third kappa shape index (κ3) is 1.89. The van der Waals surface area contributed by atoms with Gasteiger partial charge in [-0.1, -0.05) is 0 Å². The van der Waals surface area contributed by atoms with Crippen molar-refractivity contribution in [3.05, 3.63) is 37.9 Å². The van der Waals surface area contributed by atoms with Gasteiger partial charge in [-0.15, -0.1) is 0 Å². The highest BCUT2D eigenvalue weighted by atomic mass is 16.6. The van der Waals surface area contributed by atoms with Gasteiger partial charge in [-0.2, -0.15) is 0 Å². The van der Waals surface area contributed by atoms with E-state index in [9.17, 15) is 25.3 Å². The normalized spacial score (nSPS) is 18.5. The van der Waals surface area contributed by atoms with Crippen LogP contribution >= 0.6 is 0 Å². The summed E-state index contributed by atoms with van der Waals surface area (Å²) >= 11 is 0. The second-order valence-electron chi connectivity index (χ2n) is 3.71. The molecule has 0 radical (unpaired) electrons. The molecule has 0 aromatic heterocycles. The minimum absolute atomic E-state index is 0.206. The summed E-state index contributed by atoms with van der Waals surface area (Å²) in [6.45, 7) is 0.723. The van der Waals surface area contributed by atoms with Crippen molar-refractivity contribution in [2.45, 2.75) is 12.5 Å². The summed E-state index contributed by atoms with van der Waals surface area (Å²) in [7, 11) is 0. The summed E-state index contributed by atoms with van der Waals surface area (Å²) in [4.78, 5) is 19.8. The molecule has 90 valence electrons. The maximum absolute atomic E-state index is 10.7. The standard InChI is InChI=1S/C9H9N3O5/c13-9-6(7-1-2-10-7)3-5(11(14)15)4-8(9)12(16)17/h3-4,7,10,13H,1-2H2. The Morgan fingerprint density at radius 3 is 2.35 bits per heavy atom. The topological polar surface area (TPSA) is 119 Å². The molecule has 1 fully saturated rings. The third-order valence-electron chi connectivity index (χ3n) is 2.71. The van der Waals surface area contributed by atoms with Gasteiger partial charge in [-0.3, -0.25) is 20.2 Å². The van der Waals surface area contributed by atoms with E-state index in [1.165, 1.54) is 6.07 Å². The van der Waals surface area contributed by atoms with Crippen LogP contribution in [0.25, 0.3) is 0 Å². The van der Waals surface area contributed by atoms with E-state index in [-0.39, 0.29) is 11.6 Å². The van der Waals surface area contributed by atoms with Crippen molar-refractivity contribution in [2.24, 2.45) is 0 Å². The number of aromatic hydroxyl groups is 1. The van der Waals surface area contributed by atoms with Crippen LogP contribution in [0.4, 0.5) is 11.4 Å². The average Bonchev–Trinajstić information content (AvgIpc) is 2.17. The van der Waals surface area contributed by atoms with E-state index < -0.39 is 27.0 Å². The Balaban J connectivity index is 2.56. The molecular weight excluding hydrogens is 230 g/mol. The van der Waals surface area contributed by atoms with E-state index in [4.69, 9.17) is 0 Å². The minimum Gasteiger partial charge on any atom is -0.502 e. The molecule has 1 atom stereocenters. The van der Waals surface area contributed by atoms with Gasteiger partial charge in [-0.05, 0) is 13.0 Å². The molecule has 1 unspecified atom stereocenters. The van der Waals surface area contributed by atoms with Crippen LogP contribution in [-0.4, -0.2) is 21.5 Å². The van der Waals surface area contributed by atoms with Crippen molar-refractivity contribution in [3.8, 4) is 5.75 Å². The van der Waals surface area contributed by atoms with Crippen LogP contribution in [-0.2, 0) is 0 Å². The molecule has 1 saturated heterocycles. The number of benzene rings is 1. The monoisotopic (exact) mass is 239 g/mol. The van der Waals surface area contributed by atoms with Crippen molar-refractivity contribution in [2.75, 3.05) is 6.54 Å². The van der Waals surface area contributed by atoms with Gasteiger partial charge in [0.1, 0.15) is 0 Å². The minimum atomic E-state index is -0.829. The quantitative estimate of drug-likeness (QED) is 0.605. The molecule has 8 heteroatoms. The summed E-state index contributed by atoms with van der Waals surface area (Å²) < 4.78 is 0. The number of rotatable bonds is 3. The number of phenolic OH excluding ortho intramolecular Hbond substituents is 1. The number of nitro groups is 2. The van der Waals surface area contributed by atoms with Gasteiger partial charge in [-0.25, -0.2) is 0 Å². The molecule has 1 aliphatic heterocycles. The zero-order valence-corrected chi connectivity index (χ0v) is 8.62. The number of non-ortho nitro benzene ring substituents is 1. The molecule has 17 heavy (non-hydrogen) atoms.